The van der Waals surface area contributed by atoms with E-state index in [0.717, 1.165) is 25.7 Å². The topological polar surface area (TPSA) is 44.8 Å². The Morgan fingerprint density at radius 2 is 2.00 bits per heavy atom. The van der Waals surface area contributed by atoms with Crippen LogP contribution in [0.1, 0.15) is 32.1 Å². The standard InChI is InChI=1S/C15H24F3N3O2/c16-15(17,18)11-20-6-3-12(9-20)19-13(22)21-7-8-23-14(10-21)4-1-2-5-14/h12H,1-11H2,(H,19,22)/t12-/m0/s1. The number of urea groups is 1. The van der Waals surface area contributed by atoms with Crippen molar-refractivity contribution in [2.24, 2.45) is 0 Å². The lowest BCUT2D eigenvalue weighted by Crippen LogP contribution is -2.56. The highest BCUT2D eigenvalue weighted by atomic mass is 19.4. The third-order valence-electron chi connectivity index (χ3n) is 5.05. The molecule has 2 amide bonds. The smallest absolute Gasteiger partial charge is 0.371 e. The average molecular weight is 335 g/mol. The van der Waals surface area contributed by atoms with Crippen molar-refractivity contribution in [2.75, 3.05) is 39.3 Å². The first kappa shape index (κ1) is 16.8. The highest BCUT2D eigenvalue weighted by molar-refractivity contribution is 5.74. The Hall–Kier alpha value is -1.02. The summed E-state index contributed by atoms with van der Waals surface area (Å²) in [5, 5.41) is 2.89. The van der Waals surface area contributed by atoms with E-state index in [1.165, 1.54) is 4.90 Å². The lowest BCUT2D eigenvalue weighted by atomic mass is 10.00. The van der Waals surface area contributed by atoms with Crippen LogP contribution in [0, 0.1) is 0 Å². The third kappa shape index (κ3) is 4.29. The lowest BCUT2D eigenvalue weighted by molar-refractivity contribution is -0.143. The van der Waals surface area contributed by atoms with E-state index < -0.39 is 12.7 Å². The number of alkyl halides is 3. The maximum absolute atomic E-state index is 12.4. The molecule has 0 aromatic heterocycles. The zero-order valence-corrected chi connectivity index (χ0v) is 13.2. The number of nitrogens with zero attached hydrogens (tertiary/aromatic N) is 2. The molecule has 1 N–H and O–H groups in total. The normalized spacial score (nSPS) is 28.5. The van der Waals surface area contributed by atoms with E-state index in [4.69, 9.17) is 4.74 Å². The molecule has 0 bridgehead atoms. The summed E-state index contributed by atoms with van der Waals surface area (Å²) in [6, 6.07) is -0.370. The molecule has 1 spiro atoms. The highest BCUT2D eigenvalue weighted by Crippen LogP contribution is 2.35. The van der Waals surface area contributed by atoms with Crippen LogP contribution in [0.4, 0.5) is 18.0 Å². The van der Waals surface area contributed by atoms with E-state index in [1.54, 1.807) is 4.90 Å². The summed E-state index contributed by atoms with van der Waals surface area (Å²) in [6.45, 7) is 1.42. The predicted octanol–water partition coefficient (Wildman–Crippen LogP) is 1.98. The van der Waals surface area contributed by atoms with Gasteiger partial charge in [0.25, 0.3) is 0 Å². The van der Waals surface area contributed by atoms with Gasteiger partial charge >= 0.3 is 12.2 Å². The molecule has 8 heteroatoms. The maximum atomic E-state index is 12.4. The summed E-state index contributed by atoms with van der Waals surface area (Å²) >= 11 is 0. The molecule has 1 aliphatic carbocycles. The highest BCUT2D eigenvalue weighted by Gasteiger charge is 2.41. The Balaban J connectivity index is 1.48. The molecule has 0 unspecified atom stereocenters. The first-order chi connectivity index (χ1) is 10.9. The molecule has 2 aliphatic heterocycles. The monoisotopic (exact) mass is 335 g/mol. The van der Waals surface area contributed by atoms with Crippen molar-refractivity contribution in [1.82, 2.24) is 15.1 Å². The predicted molar refractivity (Wildman–Crippen MR) is 78.2 cm³/mol. The maximum Gasteiger partial charge on any atom is 0.401 e. The number of hydrogen-bond acceptors (Lipinski definition) is 3. The van der Waals surface area contributed by atoms with Gasteiger partial charge in [-0.2, -0.15) is 13.2 Å². The first-order valence-electron chi connectivity index (χ1n) is 8.34. The van der Waals surface area contributed by atoms with Gasteiger partial charge in [-0.05, 0) is 19.3 Å². The number of carbonyl (C=O) groups is 1. The van der Waals surface area contributed by atoms with E-state index in [2.05, 4.69) is 5.32 Å². The zero-order valence-electron chi connectivity index (χ0n) is 13.2. The zero-order chi connectivity index (χ0) is 16.5. The minimum absolute atomic E-state index is 0.168. The van der Waals surface area contributed by atoms with Crippen LogP contribution >= 0.6 is 0 Å². The van der Waals surface area contributed by atoms with Gasteiger partial charge in [0.1, 0.15) is 0 Å². The molecule has 23 heavy (non-hydrogen) atoms. The van der Waals surface area contributed by atoms with Gasteiger partial charge in [-0.25, -0.2) is 4.79 Å². The molecule has 0 radical (unpaired) electrons. The molecule has 1 saturated carbocycles. The van der Waals surface area contributed by atoms with E-state index in [9.17, 15) is 18.0 Å². The second-order valence-electron chi connectivity index (χ2n) is 6.95. The number of rotatable bonds is 2. The summed E-state index contributed by atoms with van der Waals surface area (Å²) in [5.41, 5.74) is -0.187. The fraction of sp³-hybridized carbons (Fsp3) is 0.933. The Labute approximate surface area is 134 Å². The summed E-state index contributed by atoms with van der Waals surface area (Å²) in [5.74, 6) is 0. The van der Waals surface area contributed by atoms with Gasteiger partial charge in [-0.3, -0.25) is 4.90 Å². The second-order valence-corrected chi connectivity index (χ2v) is 6.95. The van der Waals surface area contributed by atoms with E-state index in [0.29, 0.717) is 32.7 Å². The van der Waals surface area contributed by atoms with Crippen molar-refractivity contribution >= 4 is 6.03 Å². The molecule has 1 atom stereocenters. The van der Waals surface area contributed by atoms with Gasteiger partial charge in [0.15, 0.2) is 0 Å². The lowest BCUT2D eigenvalue weighted by Gasteiger charge is -2.40. The summed E-state index contributed by atoms with van der Waals surface area (Å²) in [4.78, 5) is 15.5. The molecular weight excluding hydrogens is 311 g/mol. The number of morpholine rings is 1. The number of carbonyl (C=O) groups excluding carboxylic acids is 1. The van der Waals surface area contributed by atoms with Crippen LogP contribution in [0.15, 0.2) is 0 Å². The Kier molecular flexibility index (Phi) is 4.73. The number of hydrogen-bond donors (Lipinski definition) is 1. The van der Waals surface area contributed by atoms with Crippen molar-refractivity contribution in [2.45, 2.75) is 49.9 Å². The number of halogens is 3. The number of ether oxygens (including phenoxy) is 1. The molecule has 3 rings (SSSR count). The van der Waals surface area contributed by atoms with Crippen molar-refractivity contribution in [3.05, 3.63) is 0 Å². The van der Waals surface area contributed by atoms with Crippen LogP contribution in [0.3, 0.4) is 0 Å². The molecule has 132 valence electrons. The van der Waals surface area contributed by atoms with Crippen LogP contribution in [-0.2, 0) is 4.74 Å². The SMILES string of the molecule is O=C(N[C@H]1CCN(CC(F)(F)F)C1)N1CCOC2(CCCC2)C1. The van der Waals surface area contributed by atoms with Gasteiger partial charge in [-0.1, -0.05) is 12.8 Å². The number of likely N-dealkylation sites (tertiary alicyclic amines) is 1. The molecule has 3 aliphatic rings. The van der Waals surface area contributed by atoms with Crippen LogP contribution < -0.4 is 5.32 Å². The third-order valence-corrected chi connectivity index (χ3v) is 5.05. The van der Waals surface area contributed by atoms with Crippen molar-refractivity contribution < 1.29 is 22.7 Å². The molecule has 2 saturated heterocycles. The summed E-state index contributed by atoms with van der Waals surface area (Å²) in [6.07, 6.45) is 0.614. The number of nitrogens with one attached hydrogen (secondary N) is 1. The fourth-order valence-corrected chi connectivity index (χ4v) is 3.95. The summed E-state index contributed by atoms with van der Waals surface area (Å²) in [7, 11) is 0. The molecule has 2 heterocycles. The quantitative estimate of drug-likeness (QED) is 0.839. The minimum Gasteiger partial charge on any atom is -0.371 e. The van der Waals surface area contributed by atoms with Crippen molar-refractivity contribution in [1.29, 1.82) is 0 Å². The summed E-state index contributed by atoms with van der Waals surface area (Å²) < 4.78 is 43.1. The van der Waals surface area contributed by atoms with Gasteiger partial charge in [0.2, 0.25) is 0 Å². The van der Waals surface area contributed by atoms with Gasteiger partial charge < -0.3 is 15.0 Å². The van der Waals surface area contributed by atoms with Crippen molar-refractivity contribution in [3.63, 3.8) is 0 Å². The molecule has 0 aromatic rings. The Morgan fingerprint density at radius 3 is 2.70 bits per heavy atom. The van der Waals surface area contributed by atoms with Crippen molar-refractivity contribution in [3.8, 4) is 0 Å². The Morgan fingerprint density at radius 1 is 1.26 bits per heavy atom. The van der Waals surface area contributed by atoms with E-state index in [-0.39, 0.29) is 24.2 Å². The minimum atomic E-state index is -4.18. The fourth-order valence-electron chi connectivity index (χ4n) is 3.95. The molecule has 3 fully saturated rings. The van der Waals surface area contributed by atoms with E-state index in [1.807, 2.05) is 0 Å². The van der Waals surface area contributed by atoms with Gasteiger partial charge in [0.05, 0.1) is 25.3 Å². The second kappa shape index (κ2) is 6.47. The molecule has 0 aromatic carbocycles. The first-order valence-corrected chi connectivity index (χ1v) is 8.34. The molecule has 5 nitrogen and oxygen atoms in total. The largest absolute Gasteiger partial charge is 0.401 e. The Bertz CT molecular complexity index is 438. The van der Waals surface area contributed by atoms with Crippen LogP contribution in [0.25, 0.3) is 0 Å². The van der Waals surface area contributed by atoms with Crippen LogP contribution in [-0.4, -0.2) is 73.0 Å². The van der Waals surface area contributed by atoms with Gasteiger partial charge in [0, 0.05) is 25.7 Å². The van der Waals surface area contributed by atoms with Crippen LogP contribution in [0.2, 0.25) is 0 Å². The number of amides is 2. The van der Waals surface area contributed by atoms with E-state index >= 15 is 0 Å². The van der Waals surface area contributed by atoms with Gasteiger partial charge in [-0.15, -0.1) is 0 Å². The van der Waals surface area contributed by atoms with Crippen LogP contribution in [0.5, 0.6) is 0 Å². The average Bonchev–Trinajstić information content (AvgIpc) is 3.07. The molecular formula is C15H24F3N3O2.